The van der Waals surface area contributed by atoms with Gasteiger partial charge in [0.2, 0.25) is 10.0 Å². The molecule has 2 aromatic carbocycles. The fraction of sp³-hybridized carbons (Fsp3) is 0.0769. The van der Waals surface area contributed by atoms with Crippen molar-refractivity contribution in [1.82, 2.24) is 4.72 Å². The maximum absolute atomic E-state index is 12.2. The summed E-state index contributed by atoms with van der Waals surface area (Å²) < 4.78 is 27.6. The zero-order valence-corrected chi connectivity index (χ0v) is 13.5. The summed E-state index contributed by atoms with van der Waals surface area (Å²) in [5.41, 5.74) is 6.60. The predicted octanol–water partition coefficient (Wildman–Crippen LogP) is 3.16. The predicted molar refractivity (Wildman–Crippen MR) is 84.0 cm³/mol. The summed E-state index contributed by atoms with van der Waals surface area (Å²) in [6, 6.07) is 11.7. The van der Waals surface area contributed by atoms with Gasteiger partial charge in [0.15, 0.2) is 0 Å². The van der Waals surface area contributed by atoms with E-state index in [1.54, 1.807) is 30.3 Å². The molecule has 0 aliphatic heterocycles. The lowest BCUT2D eigenvalue weighted by molar-refractivity contribution is 0.581. The van der Waals surface area contributed by atoms with Crippen LogP contribution in [0.3, 0.4) is 0 Å². The van der Waals surface area contributed by atoms with Crippen molar-refractivity contribution in [2.45, 2.75) is 11.4 Å². The van der Waals surface area contributed by atoms with Crippen LogP contribution in [0.15, 0.2) is 51.8 Å². The molecule has 0 amide bonds. The Hall–Kier alpha value is -1.08. The first-order valence-corrected chi connectivity index (χ1v) is 8.33. The Bertz CT molecular complexity index is 735. The van der Waals surface area contributed by atoms with Crippen LogP contribution in [0.4, 0.5) is 5.69 Å². The molecular weight excluding hydrogens is 364 g/mol. The van der Waals surface area contributed by atoms with Gasteiger partial charge in [-0.2, -0.15) is 0 Å². The molecule has 2 rings (SSSR count). The molecule has 0 heterocycles. The standard InChI is InChI=1S/C13H12BrClN2O2S/c14-10-5-6-12(16)13(7-10)20(18,19)17-8-9-3-1-2-4-11(9)15/h1-7,17H,8,16H2. The largest absolute Gasteiger partial charge is 0.398 e. The molecule has 0 bridgehead atoms. The summed E-state index contributed by atoms with van der Waals surface area (Å²) in [6.07, 6.45) is 0. The Morgan fingerprint density at radius 1 is 1.20 bits per heavy atom. The molecule has 0 saturated heterocycles. The number of halogens is 2. The summed E-state index contributed by atoms with van der Waals surface area (Å²) in [5.74, 6) is 0. The molecule has 106 valence electrons. The minimum absolute atomic E-state index is 0.0407. The molecule has 0 radical (unpaired) electrons. The Balaban J connectivity index is 2.24. The SMILES string of the molecule is Nc1ccc(Br)cc1S(=O)(=O)NCc1ccccc1Cl. The number of anilines is 1. The molecule has 7 heteroatoms. The van der Waals surface area contributed by atoms with Gasteiger partial charge in [-0.3, -0.25) is 0 Å². The molecule has 0 fully saturated rings. The van der Waals surface area contributed by atoms with Gasteiger partial charge in [-0.05, 0) is 29.8 Å². The lowest BCUT2D eigenvalue weighted by Crippen LogP contribution is -2.24. The van der Waals surface area contributed by atoms with Gasteiger partial charge in [-0.1, -0.05) is 45.7 Å². The number of hydrogen-bond donors (Lipinski definition) is 2. The Morgan fingerprint density at radius 3 is 2.60 bits per heavy atom. The van der Waals surface area contributed by atoms with Crippen LogP contribution in [-0.4, -0.2) is 8.42 Å². The third kappa shape index (κ3) is 3.52. The summed E-state index contributed by atoms with van der Waals surface area (Å²) in [5, 5.41) is 0.511. The number of nitrogens with two attached hydrogens (primary N) is 1. The normalized spacial score (nSPS) is 11.5. The third-order valence-electron chi connectivity index (χ3n) is 2.68. The number of nitrogen functional groups attached to an aromatic ring is 1. The number of hydrogen-bond acceptors (Lipinski definition) is 3. The Labute approximate surface area is 131 Å². The topological polar surface area (TPSA) is 72.2 Å². The van der Waals surface area contributed by atoms with Crippen molar-refractivity contribution in [3.63, 3.8) is 0 Å². The Kier molecular flexibility index (Phi) is 4.70. The number of sulfonamides is 1. The molecule has 2 aromatic rings. The average Bonchev–Trinajstić information content (AvgIpc) is 2.40. The van der Waals surface area contributed by atoms with Crippen molar-refractivity contribution in [2.75, 3.05) is 5.73 Å². The van der Waals surface area contributed by atoms with Crippen LogP contribution in [0.5, 0.6) is 0 Å². The molecule has 3 N–H and O–H groups in total. The molecule has 0 aliphatic carbocycles. The van der Waals surface area contributed by atoms with Crippen LogP contribution in [-0.2, 0) is 16.6 Å². The maximum Gasteiger partial charge on any atom is 0.242 e. The molecule has 0 aromatic heterocycles. The molecule has 0 spiro atoms. The van der Waals surface area contributed by atoms with Gasteiger partial charge in [0.1, 0.15) is 4.90 Å². The van der Waals surface area contributed by atoms with Gasteiger partial charge >= 0.3 is 0 Å². The first-order chi connectivity index (χ1) is 9.40. The van der Waals surface area contributed by atoms with E-state index in [-0.39, 0.29) is 17.1 Å². The maximum atomic E-state index is 12.2. The second-order valence-electron chi connectivity index (χ2n) is 4.10. The van der Waals surface area contributed by atoms with E-state index in [1.807, 2.05) is 0 Å². The van der Waals surface area contributed by atoms with Crippen molar-refractivity contribution in [1.29, 1.82) is 0 Å². The number of benzene rings is 2. The number of rotatable bonds is 4. The van der Waals surface area contributed by atoms with Crippen LogP contribution in [0.25, 0.3) is 0 Å². The van der Waals surface area contributed by atoms with Crippen molar-refractivity contribution in [2.24, 2.45) is 0 Å². The van der Waals surface area contributed by atoms with Gasteiger partial charge < -0.3 is 5.73 Å². The van der Waals surface area contributed by atoms with Gasteiger partial charge in [0.05, 0.1) is 5.69 Å². The third-order valence-corrected chi connectivity index (χ3v) is 4.99. The van der Waals surface area contributed by atoms with Crippen molar-refractivity contribution >= 4 is 43.2 Å². The zero-order valence-electron chi connectivity index (χ0n) is 10.3. The molecule has 0 unspecified atom stereocenters. The van der Waals surface area contributed by atoms with E-state index in [9.17, 15) is 8.42 Å². The number of nitrogens with one attached hydrogen (secondary N) is 1. The van der Waals surface area contributed by atoms with Crippen LogP contribution in [0, 0.1) is 0 Å². The van der Waals surface area contributed by atoms with E-state index in [0.717, 1.165) is 0 Å². The van der Waals surface area contributed by atoms with E-state index in [4.69, 9.17) is 17.3 Å². The minimum Gasteiger partial charge on any atom is -0.398 e. The zero-order chi connectivity index (χ0) is 14.8. The van der Waals surface area contributed by atoms with Crippen molar-refractivity contribution in [3.8, 4) is 0 Å². The van der Waals surface area contributed by atoms with E-state index >= 15 is 0 Å². The molecule has 0 aliphatic rings. The Morgan fingerprint density at radius 2 is 1.90 bits per heavy atom. The van der Waals surface area contributed by atoms with Crippen LogP contribution >= 0.6 is 27.5 Å². The minimum atomic E-state index is -3.69. The molecular formula is C13H12BrClN2O2S. The highest BCUT2D eigenvalue weighted by molar-refractivity contribution is 9.10. The smallest absolute Gasteiger partial charge is 0.242 e. The summed E-state index contributed by atoms with van der Waals surface area (Å²) in [6.45, 7) is 0.105. The van der Waals surface area contributed by atoms with Crippen molar-refractivity contribution in [3.05, 3.63) is 57.5 Å². The lowest BCUT2D eigenvalue weighted by Gasteiger charge is -2.10. The van der Waals surface area contributed by atoms with E-state index in [0.29, 0.717) is 15.1 Å². The second-order valence-corrected chi connectivity index (χ2v) is 7.16. The van der Waals surface area contributed by atoms with Crippen molar-refractivity contribution < 1.29 is 8.42 Å². The molecule has 20 heavy (non-hydrogen) atoms. The fourth-order valence-electron chi connectivity index (χ4n) is 1.63. The van der Waals surface area contributed by atoms with E-state index in [1.165, 1.54) is 12.1 Å². The first kappa shape index (κ1) is 15.3. The first-order valence-electron chi connectivity index (χ1n) is 5.68. The fourth-order valence-corrected chi connectivity index (χ4v) is 3.51. The van der Waals surface area contributed by atoms with Gasteiger partial charge in [0, 0.05) is 16.0 Å². The van der Waals surface area contributed by atoms with Crippen LogP contribution < -0.4 is 10.5 Å². The van der Waals surface area contributed by atoms with Gasteiger partial charge in [-0.15, -0.1) is 0 Å². The summed E-state index contributed by atoms with van der Waals surface area (Å²) in [7, 11) is -3.69. The second kappa shape index (κ2) is 6.13. The summed E-state index contributed by atoms with van der Waals surface area (Å²) >= 11 is 9.22. The van der Waals surface area contributed by atoms with Gasteiger partial charge in [-0.25, -0.2) is 13.1 Å². The monoisotopic (exact) mass is 374 g/mol. The quantitative estimate of drug-likeness (QED) is 0.806. The van der Waals surface area contributed by atoms with E-state index in [2.05, 4.69) is 20.7 Å². The lowest BCUT2D eigenvalue weighted by atomic mass is 10.2. The van der Waals surface area contributed by atoms with Crippen LogP contribution in [0.2, 0.25) is 5.02 Å². The van der Waals surface area contributed by atoms with E-state index < -0.39 is 10.0 Å². The molecule has 4 nitrogen and oxygen atoms in total. The van der Waals surface area contributed by atoms with Gasteiger partial charge in [0.25, 0.3) is 0 Å². The average molecular weight is 376 g/mol. The summed E-state index contributed by atoms with van der Waals surface area (Å²) in [4.78, 5) is 0.0407. The highest BCUT2D eigenvalue weighted by Gasteiger charge is 2.17. The molecule has 0 atom stereocenters. The van der Waals surface area contributed by atoms with Crippen LogP contribution in [0.1, 0.15) is 5.56 Å². The highest BCUT2D eigenvalue weighted by Crippen LogP contribution is 2.23. The molecule has 0 saturated carbocycles. The highest BCUT2D eigenvalue weighted by atomic mass is 79.9.